The quantitative estimate of drug-likeness (QED) is 0.670. The first-order valence-electron chi connectivity index (χ1n) is 8.56. The summed E-state index contributed by atoms with van der Waals surface area (Å²) in [4.78, 5) is 27.5. The van der Waals surface area contributed by atoms with Crippen LogP contribution in [-0.2, 0) is 12.6 Å². The van der Waals surface area contributed by atoms with E-state index in [1.807, 2.05) is 0 Å². The zero-order valence-corrected chi connectivity index (χ0v) is 16.7. The van der Waals surface area contributed by atoms with Crippen molar-refractivity contribution >= 4 is 28.3 Å². The molecule has 0 spiro atoms. The monoisotopic (exact) mass is 421 g/mol. The van der Waals surface area contributed by atoms with Crippen LogP contribution in [0.25, 0.3) is 0 Å². The Bertz CT molecular complexity index is 1030. The Morgan fingerprint density at radius 3 is 2.62 bits per heavy atom. The van der Waals surface area contributed by atoms with Gasteiger partial charge >= 0.3 is 6.18 Å². The highest BCUT2D eigenvalue weighted by atomic mass is 32.1. The molecule has 0 saturated heterocycles. The molecule has 29 heavy (non-hydrogen) atoms. The summed E-state index contributed by atoms with van der Waals surface area (Å²) in [5, 5.41) is 3.04. The molecule has 0 aliphatic carbocycles. The minimum Gasteiger partial charge on any atom is -0.347 e. The van der Waals surface area contributed by atoms with Gasteiger partial charge < -0.3 is 4.90 Å². The molecular weight excluding hydrogens is 403 g/mol. The van der Waals surface area contributed by atoms with E-state index in [0.29, 0.717) is 27.9 Å². The summed E-state index contributed by atoms with van der Waals surface area (Å²) in [5.74, 6) is 0.101. The number of carbonyl (C=O) groups is 1. The average molecular weight is 421 g/mol. The topological polar surface area (TPSA) is 71.0 Å². The van der Waals surface area contributed by atoms with Crippen molar-refractivity contribution in [2.45, 2.75) is 19.5 Å². The van der Waals surface area contributed by atoms with E-state index in [1.54, 1.807) is 38.2 Å². The Morgan fingerprint density at radius 2 is 1.97 bits per heavy atom. The molecule has 0 atom stereocenters. The Labute approximate surface area is 169 Å². The summed E-state index contributed by atoms with van der Waals surface area (Å²) in [7, 11) is 3.60. The summed E-state index contributed by atoms with van der Waals surface area (Å²) >= 11 is 1.20. The van der Waals surface area contributed by atoms with Crippen molar-refractivity contribution in [1.82, 2.24) is 15.0 Å². The zero-order valence-electron chi connectivity index (χ0n) is 15.9. The van der Waals surface area contributed by atoms with Crippen molar-refractivity contribution in [1.29, 1.82) is 0 Å². The number of amides is 1. The maximum atomic E-state index is 12.8. The number of halogens is 3. The average Bonchev–Trinajstić information content (AvgIpc) is 3.07. The first-order chi connectivity index (χ1) is 13.6. The van der Waals surface area contributed by atoms with Crippen molar-refractivity contribution in [2.24, 2.45) is 0 Å². The number of carbonyl (C=O) groups excluding carboxylic acids is 1. The molecule has 0 unspecified atom stereocenters. The van der Waals surface area contributed by atoms with Crippen LogP contribution in [0.4, 0.5) is 24.3 Å². The number of nitrogens with zero attached hydrogens (tertiary/aromatic N) is 4. The van der Waals surface area contributed by atoms with Gasteiger partial charge in [0.1, 0.15) is 0 Å². The molecule has 3 rings (SSSR count). The van der Waals surface area contributed by atoms with Gasteiger partial charge in [-0.3, -0.25) is 10.1 Å². The van der Waals surface area contributed by atoms with Crippen molar-refractivity contribution in [3.8, 4) is 0 Å². The Morgan fingerprint density at radius 1 is 1.21 bits per heavy atom. The lowest BCUT2D eigenvalue weighted by Gasteiger charge is -2.11. The van der Waals surface area contributed by atoms with Gasteiger partial charge in [-0.25, -0.2) is 15.0 Å². The van der Waals surface area contributed by atoms with Crippen LogP contribution in [0, 0.1) is 6.92 Å². The number of hydrogen-bond acceptors (Lipinski definition) is 6. The molecule has 0 saturated carbocycles. The number of thiazole rings is 1. The van der Waals surface area contributed by atoms with Crippen LogP contribution < -0.4 is 10.2 Å². The van der Waals surface area contributed by atoms with Gasteiger partial charge in [0.25, 0.3) is 5.91 Å². The van der Waals surface area contributed by atoms with Crippen molar-refractivity contribution in [3.05, 3.63) is 63.9 Å². The van der Waals surface area contributed by atoms with Gasteiger partial charge in [0, 0.05) is 37.8 Å². The summed E-state index contributed by atoms with van der Waals surface area (Å²) < 4.78 is 38.5. The Hall–Kier alpha value is -3.01. The highest BCUT2D eigenvalue weighted by Gasteiger charge is 2.30. The predicted octanol–water partition coefficient (Wildman–Crippen LogP) is 4.17. The number of anilines is 2. The molecule has 152 valence electrons. The van der Waals surface area contributed by atoms with E-state index in [4.69, 9.17) is 0 Å². The zero-order chi connectivity index (χ0) is 21.2. The van der Waals surface area contributed by atoms with Crippen molar-refractivity contribution < 1.29 is 18.0 Å². The Balaban J connectivity index is 1.70. The molecule has 2 aromatic heterocycles. The molecule has 1 N–H and O–H groups in total. The molecular formula is C19H18F3N5OS. The summed E-state index contributed by atoms with van der Waals surface area (Å²) in [6, 6.07) is 5.15. The van der Waals surface area contributed by atoms with E-state index in [1.165, 1.54) is 23.6 Å². The van der Waals surface area contributed by atoms with Crippen molar-refractivity contribution in [3.63, 3.8) is 0 Å². The maximum absolute atomic E-state index is 12.8. The molecule has 0 bridgehead atoms. The first-order valence-corrected chi connectivity index (χ1v) is 9.38. The van der Waals surface area contributed by atoms with Crippen LogP contribution >= 0.6 is 11.3 Å². The molecule has 0 aliphatic heterocycles. The van der Waals surface area contributed by atoms with E-state index < -0.39 is 17.6 Å². The van der Waals surface area contributed by atoms with Crippen LogP contribution in [0.2, 0.25) is 0 Å². The third kappa shape index (κ3) is 5.08. The lowest BCUT2D eigenvalue weighted by Crippen LogP contribution is -2.18. The summed E-state index contributed by atoms with van der Waals surface area (Å²) in [5.41, 5.74) is 0.682. The van der Waals surface area contributed by atoms with E-state index in [2.05, 4.69) is 20.3 Å². The highest BCUT2D eigenvalue weighted by Crippen LogP contribution is 2.30. The number of hydrogen-bond donors (Lipinski definition) is 1. The molecule has 0 radical (unpaired) electrons. The fourth-order valence-corrected chi connectivity index (χ4v) is 3.41. The third-order valence-electron chi connectivity index (χ3n) is 4.02. The fourth-order valence-electron chi connectivity index (χ4n) is 2.56. The molecule has 0 fully saturated rings. The van der Waals surface area contributed by atoms with Crippen LogP contribution in [0.1, 0.15) is 32.1 Å². The number of rotatable bonds is 5. The SMILES string of the molecule is Cc1nc(N(C)C)ncc1C(=O)Nc1ncc(Cc2cccc(C(F)(F)F)c2)s1. The number of benzene rings is 1. The summed E-state index contributed by atoms with van der Waals surface area (Å²) in [6.07, 6.45) is -1.11. The molecule has 1 amide bonds. The van der Waals surface area contributed by atoms with Gasteiger partial charge in [0.05, 0.1) is 16.8 Å². The number of nitrogens with one attached hydrogen (secondary N) is 1. The number of aromatic nitrogens is 3. The number of alkyl halides is 3. The van der Waals surface area contributed by atoms with Gasteiger partial charge in [-0.2, -0.15) is 13.2 Å². The predicted molar refractivity (Wildman–Crippen MR) is 105 cm³/mol. The highest BCUT2D eigenvalue weighted by molar-refractivity contribution is 7.15. The second-order valence-electron chi connectivity index (χ2n) is 6.52. The van der Waals surface area contributed by atoms with Gasteiger partial charge in [-0.15, -0.1) is 11.3 Å². The smallest absolute Gasteiger partial charge is 0.347 e. The minimum atomic E-state index is -4.38. The van der Waals surface area contributed by atoms with E-state index in [0.717, 1.165) is 17.0 Å². The van der Waals surface area contributed by atoms with E-state index in [-0.39, 0.29) is 6.42 Å². The third-order valence-corrected chi connectivity index (χ3v) is 4.93. The molecule has 3 aromatic rings. The van der Waals surface area contributed by atoms with Gasteiger partial charge in [0.15, 0.2) is 5.13 Å². The van der Waals surface area contributed by atoms with Gasteiger partial charge in [-0.05, 0) is 18.6 Å². The van der Waals surface area contributed by atoms with Crippen LogP contribution in [0.15, 0.2) is 36.7 Å². The fraction of sp³-hybridized carbons (Fsp3) is 0.263. The lowest BCUT2D eigenvalue weighted by atomic mass is 10.1. The van der Waals surface area contributed by atoms with E-state index >= 15 is 0 Å². The molecule has 2 heterocycles. The molecule has 6 nitrogen and oxygen atoms in total. The maximum Gasteiger partial charge on any atom is 0.416 e. The van der Waals surface area contributed by atoms with E-state index in [9.17, 15) is 18.0 Å². The first kappa shape index (κ1) is 20.7. The summed E-state index contributed by atoms with van der Waals surface area (Å²) in [6.45, 7) is 1.71. The van der Waals surface area contributed by atoms with Crippen molar-refractivity contribution in [2.75, 3.05) is 24.3 Å². The van der Waals surface area contributed by atoms with Crippen LogP contribution in [-0.4, -0.2) is 35.0 Å². The van der Waals surface area contributed by atoms with Crippen LogP contribution in [0.5, 0.6) is 0 Å². The largest absolute Gasteiger partial charge is 0.416 e. The molecule has 0 aliphatic rings. The molecule has 10 heteroatoms. The normalized spacial score (nSPS) is 11.4. The second-order valence-corrected chi connectivity index (χ2v) is 7.64. The number of aryl methyl sites for hydroxylation is 1. The van der Waals surface area contributed by atoms with Gasteiger partial charge in [0.2, 0.25) is 5.95 Å². The van der Waals surface area contributed by atoms with Crippen LogP contribution in [0.3, 0.4) is 0 Å². The minimum absolute atomic E-state index is 0.289. The standard InChI is InChI=1S/C19H18F3N5OS/c1-11-15(10-23-17(25-11)27(2)3)16(28)26-18-24-9-14(29-18)8-12-5-4-6-13(7-12)19(20,21)22/h4-7,9-10H,8H2,1-3H3,(H,24,26,28). The second kappa shape index (κ2) is 8.16. The Kier molecular flexibility index (Phi) is 5.83. The van der Waals surface area contributed by atoms with Gasteiger partial charge in [-0.1, -0.05) is 18.2 Å². The molecule has 1 aromatic carbocycles. The lowest BCUT2D eigenvalue weighted by molar-refractivity contribution is -0.137.